The van der Waals surface area contributed by atoms with E-state index in [0.717, 1.165) is 0 Å². The number of hydrogen-bond donors (Lipinski definition) is 2. The summed E-state index contributed by atoms with van der Waals surface area (Å²) in [5.74, 6) is -0.351. The van der Waals surface area contributed by atoms with E-state index in [1.54, 1.807) is 12.1 Å². The number of carbonyl (C=O) groups is 1. The zero-order chi connectivity index (χ0) is 15.2. The third-order valence-corrected chi connectivity index (χ3v) is 2.97. The van der Waals surface area contributed by atoms with E-state index >= 15 is 0 Å². The van der Waals surface area contributed by atoms with Crippen molar-refractivity contribution < 1.29 is 4.79 Å². The molecule has 106 valence electrons. The van der Waals surface area contributed by atoms with Gasteiger partial charge in [-0.25, -0.2) is 0 Å². The van der Waals surface area contributed by atoms with Crippen molar-refractivity contribution in [2.75, 3.05) is 17.2 Å². The standard InChI is InChI=1S/C14H12ClN5O/c1-2-17-12-6-9(7-16)5-11(15)13(12)20-14(21)10-3-4-18-19-8-10/h3-6,8,17H,2H2,1H3,(H,20,21). The molecule has 6 nitrogen and oxygen atoms in total. The van der Waals surface area contributed by atoms with Crippen molar-refractivity contribution in [2.45, 2.75) is 6.92 Å². The smallest absolute Gasteiger partial charge is 0.257 e. The first kappa shape index (κ1) is 14.8. The van der Waals surface area contributed by atoms with E-state index in [-0.39, 0.29) is 5.91 Å². The molecule has 0 radical (unpaired) electrons. The normalized spacial score (nSPS) is 9.76. The van der Waals surface area contributed by atoms with E-state index in [1.165, 1.54) is 18.5 Å². The van der Waals surface area contributed by atoms with Crippen molar-refractivity contribution in [3.05, 3.63) is 46.7 Å². The number of aromatic nitrogens is 2. The summed E-state index contributed by atoms with van der Waals surface area (Å²) in [6.45, 7) is 2.54. The number of amides is 1. The fraction of sp³-hybridized carbons (Fsp3) is 0.143. The van der Waals surface area contributed by atoms with Crippen LogP contribution in [0.1, 0.15) is 22.8 Å². The van der Waals surface area contributed by atoms with Gasteiger partial charge in [-0.2, -0.15) is 15.5 Å². The number of nitriles is 1. The van der Waals surface area contributed by atoms with Gasteiger partial charge in [0.2, 0.25) is 0 Å². The monoisotopic (exact) mass is 301 g/mol. The molecule has 0 fully saturated rings. The topological polar surface area (TPSA) is 90.7 Å². The number of nitrogens with zero attached hydrogens (tertiary/aromatic N) is 3. The van der Waals surface area contributed by atoms with Crippen molar-refractivity contribution in [3.63, 3.8) is 0 Å². The van der Waals surface area contributed by atoms with Crippen molar-refractivity contribution in [2.24, 2.45) is 0 Å². The first-order valence-electron chi connectivity index (χ1n) is 6.21. The summed E-state index contributed by atoms with van der Waals surface area (Å²) in [6.07, 6.45) is 2.79. The Morgan fingerprint density at radius 2 is 2.24 bits per heavy atom. The molecular formula is C14H12ClN5O. The molecule has 1 aromatic carbocycles. The second kappa shape index (κ2) is 6.68. The van der Waals surface area contributed by atoms with Gasteiger partial charge < -0.3 is 10.6 Å². The van der Waals surface area contributed by atoms with Gasteiger partial charge in [-0.3, -0.25) is 4.79 Å². The van der Waals surface area contributed by atoms with E-state index in [9.17, 15) is 4.79 Å². The maximum atomic E-state index is 12.1. The summed E-state index contributed by atoms with van der Waals surface area (Å²) in [4.78, 5) is 12.1. The van der Waals surface area contributed by atoms with Crippen molar-refractivity contribution >= 4 is 28.9 Å². The Morgan fingerprint density at radius 3 is 2.86 bits per heavy atom. The van der Waals surface area contributed by atoms with Crippen LogP contribution >= 0.6 is 11.6 Å². The van der Waals surface area contributed by atoms with E-state index in [0.29, 0.717) is 34.1 Å². The maximum absolute atomic E-state index is 12.1. The highest BCUT2D eigenvalue weighted by Gasteiger charge is 2.14. The van der Waals surface area contributed by atoms with Gasteiger partial charge >= 0.3 is 0 Å². The summed E-state index contributed by atoms with van der Waals surface area (Å²) < 4.78 is 0. The third kappa shape index (κ3) is 3.46. The second-order valence-electron chi connectivity index (χ2n) is 4.11. The minimum Gasteiger partial charge on any atom is -0.384 e. The average molecular weight is 302 g/mol. The Labute approximate surface area is 126 Å². The molecule has 7 heteroatoms. The van der Waals surface area contributed by atoms with Gasteiger partial charge in [0.25, 0.3) is 5.91 Å². The molecule has 21 heavy (non-hydrogen) atoms. The Morgan fingerprint density at radius 1 is 1.43 bits per heavy atom. The summed E-state index contributed by atoms with van der Waals surface area (Å²) in [5, 5.41) is 22.3. The number of carbonyl (C=O) groups excluding carboxylic acids is 1. The number of hydrogen-bond acceptors (Lipinski definition) is 5. The molecule has 0 atom stereocenters. The number of rotatable bonds is 4. The van der Waals surface area contributed by atoms with Gasteiger partial charge in [-0.05, 0) is 25.1 Å². The largest absolute Gasteiger partial charge is 0.384 e. The summed E-state index contributed by atoms with van der Waals surface area (Å²) >= 11 is 6.15. The Balaban J connectivity index is 2.35. The number of nitrogens with one attached hydrogen (secondary N) is 2. The van der Waals surface area contributed by atoms with Crippen molar-refractivity contribution in [1.29, 1.82) is 5.26 Å². The van der Waals surface area contributed by atoms with E-state index < -0.39 is 0 Å². The lowest BCUT2D eigenvalue weighted by atomic mass is 10.1. The molecule has 0 spiro atoms. The molecule has 0 aliphatic rings. The van der Waals surface area contributed by atoms with Gasteiger partial charge in [0.15, 0.2) is 0 Å². The molecule has 1 heterocycles. The van der Waals surface area contributed by atoms with Gasteiger partial charge in [0, 0.05) is 6.54 Å². The number of anilines is 2. The van der Waals surface area contributed by atoms with Crippen LogP contribution in [-0.2, 0) is 0 Å². The van der Waals surface area contributed by atoms with Gasteiger partial charge in [0.1, 0.15) is 0 Å². The zero-order valence-corrected chi connectivity index (χ0v) is 12.0. The zero-order valence-electron chi connectivity index (χ0n) is 11.2. The molecule has 0 bridgehead atoms. The molecule has 0 aliphatic carbocycles. The molecule has 1 aromatic heterocycles. The molecule has 2 N–H and O–H groups in total. The Bertz CT molecular complexity index is 697. The molecule has 2 aromatic rings. The summed E-state index contributed by atoms with van der Waals surface area (Å²) in [7, 11) is 0. The van der Waals surface area contributed by atoms with Gasteiger partial charge in [-0.15, -0.1) is 0 Å². The Hall–Kier alpha value is -2.65. The molecule has 2 rings (SSSR count). The lowest BCUT2D eigenvalue weighted by Crippen LogP contribution is -2.14. The SMILES string of the molecule is CCNc1cc(C#N)cc(Cl)c1NC(=O)c1ccnnc1. The first-order chi connectivity index (χ1) is 10.2. The fourth-order valence-electron chi connectivity index (χ4n) is 1.74. The van der Waals surface area contributed by atoms with Crippen molar-refractivity contribution in [1.82, 2.24) is 10.2 Å². The van der Waals surface area contributed by atoms with Crippen LogP contribution in [0.5, 0.6) is 0 Å². The quantitative estimate of drug-likeness (QED) is 0.906. The third-order valence-electron chi connectivity index (χ3n) is 2.67. The first-order valence-corrected chi connectivity index (χ1v) is 6.59. The molecule has 0 unspecified atom stereocenters. The molecule has 0 saturated carbocycles. The van der Waals surface area contributed by atoms with Gasteiger partial charge in [-0.1, -0.05) is 11.6 Å². The highest BCUT2D eigenvalue weighted by Crippen LogP contribution is 2.32. The van der Waals surface area contributed by atoms with E-state index in [1.807, 2.05) is 13.0 Å². The van der Waals surface area contributed by atoms with Crippen LogP contribution in [0.3, 0.4) is 0 Å². The predicted octanol–water partition coefficient (Wildman–Crippen LogP) is 2.69. The molecule has 0 saturated heterocycles. The maximum Gasteiger partial charge on any atom is 0.257 e. The number of halogens is 1. The van der Waals surface area contributed by atoms with Crippen LogP contribution in [0.2, 0.25) is 5.02 Å². The van der Waals surface area contributed by atoms with Crippen LogP contribution in [0.15, 0.2) is 30.6 Å². The van der Waals surface area contributed by atoms with Crippen molar-refractivity contribution in [3.8, 4) is 6.07 Å². The van der Waals surface area contributed by atoms with E-state index in [2.05, 4.69) is 20.8 Å². The van der Waals surface area contributed by atoms with Crippen LogP contribution in [-0.4, -0.2) is 22.6 Å². The molecular weight excluding hydrogens is 290 g/mol. The lowest BCUT2D eigenvalue weighted by Gasteiger charge is -2.14. The summed E-state index contributed by atoms with van der Waals surface area (Å²) in [6, 6.07) is 6.71. The molecule has 1 amide bonds. The second-order valence-corrected chi connectivity index (χ2v) is 4.52. The minimum atomic E-state index is -0.351. The van der Waals surface area contributed by atoms with Gasteiger partial charge in [0.05, 0.1) is 46.0 Å². The average Bonchev–Trinajstić information content (AvgIpc) is 2.51. The fourth-order valence-corrected chi connectivity index (χ4v) is 2.01. The highest BCUT2D eigenvalue weighted by atomic mass is 35.5. The van der Waals surface area contributed by atoms with E-state index in [4.69, 9.17) is 16.9 Å². The minimum absolute atomic E-state index is 0.292. The summed E-state index contributed by atoms with van der Waals surface area (Å²) in [5.41, 5.74) is 1.81. The lowest BCUT2D eigenvalue weighted by molar-refractivity contribution is 0.102. The Kier molecular flexibility index (Phi) is 4.69. The van der Waals surface area contributed by atoms with Crippen LogP contribution in [0.4, 0.5) is 11.4 Å². The van der Waals surface area contributed by atoms with Crippen LogP contribution < -0.4 is 10.6 Å². The number of benzene rings is 1. The highest BCUT2D eigenvalue weighted by molar-refractivity contribution is 6.35. The van der Waals surface area contributed by atoms with Crippen LogP contribution in [0.25, 0.3) is 0 Å². The predicted molar refractivity (Wildman–Crippen MR) is 80.3 cm³/mol. The van der Waals surface area contributed by atoms with Crippen LogP contribution in [0, 0.1) is 11.3 Å². The molecule has 0 aliphatic heterocycles.